The zero-order valence-corrected chi connectivity index (χ0v) is 18.1. The van der Waals surface area contributed by atoms with Crippen molar-refractivity contribution in [1.29, 1.82) is 0 Å². The summed E-state index contributed by atoms with van der Waals surface area (Å²) in [5.74, 6) is 0. The SMILES string of the molecule is Brc1ccc2c(c1)c1cc(Br)cc3c4cccc5c(Br)ccc(c54)n2c31. The molecule has 0 fully saturated rings. The van der Waals surface area contributed by atoms with E-state index in [1.54, 1.807) is 0 Å². The van der Waals surface area contributed by atoms with Crippen molar-refractivity contribution in [3.63, 3.8) is 0 Å². The zero-order chi connectivity index (χ0) is 17.6. The van der Waals surface area contributed by atoms with Crippen molar-refractivity contribution < 1.29 is 0 Å². The van der Waals surface area contributed by atoms with Crippen LogP contribution in [-0.4, -0.2) is 4.40 Å². The van der Waals surface area contributed by atoms with Crippen molar-refractivity contribution in [2.24, 2.45) is 0 Å². The first kappa shape index (κ1) is 15.4. The molecule has 0 atom stereocenters. The molecule has 0 saturated heterocycles. The summed E-state index contributed by atoms with van der Waals surface area (Å²) in [4.78, 5) is 0. The number of rotatable bonds is 0. The number of nitrogens with zero attached hydrogens (tertiary/aromatic N) is 1. The van der Waals surface area contributed by atoms with E-state index in [1.165, 1.54) is 48.9 Å². The maximum absolute atomic E-state index is 3.74. The highest BCUT2D eigenvalue weighted by Gasteiger charge is 2.18. The molecule has 4 heteroatoms. The van der Waals surface area contributed by atoms with Gasteiger partial charge in [-0.25, -0.2) is 0 Å². The predicted molar refractivity (Wildman–Crippen MR) is 122 cm³/mol. The van der Waals surface area contributed by atoms with Crippen LogP contribution in [0.1, 0.15) is 0 Å². The zero-order valence-electron chi connectivity index (χ0n) is 13.4. The minimum Gasteiger partial charge on any atom is -0.308 e. The number of pyridine rings is 1. The second-order valence-corrected chi connectivity index (χ2v) is 9.33. The van der Waals surface area contributed by atoms with Crippen LogP contribution in [0.15, 0.2) is 74.1 Å². The molecule has 0 aliphatic heterocycles. The lowest BCUT2D eigenvalue weighted by atomic mass is 9.99. The van der Waals surface area contributed by atoms with E-state index in [2.05, 4.69) is 113 Å². The first-order chi connectivity index (χ1) is 12.6. The predicted octanol–water partition coefficient (Wildman–Crippen LogP) is 8.28. The Morgan fingerprint density at radius 3 is 2.12 bits per heavy atom. The molecule has 0 bridgehead atoms. The number of hydrogen-bond acceptors (Lipinski definition) is 0. The second kappa shape index (κ2) is 5.22. The van der Waals surface area contributed by atoms with E-state index in [9.17, 15) is 0 Å². The van der Waals surface area contributed by atoms with E-state index < -0.39 is 0 Å². The van der Waals surface area contributed by atoms with Crippen LogP contribution in [0, 0.1) is 0 Å². The van der Waals surface area contributed by atoms with Crippen LogP contribution in [0.2, 0.25) is 0 Å². The average Bonchev–Trinajstić information content (AvgIpc) is 2.95. The Hall–Kier alpha value is -1.62. The molecule has 2 aromatic heterocycles. The molecule has 26 heavy (non-hydrogen) atoms. The first-order valence-electron chi connectivity index (χ1n) is 8.29. The Morgan fingerprint density at radius 2 is 1.27 bits per heavy atom. The number of halogens is 3. The maximum Gasteiger partial charge on any atom is 0.0620 e. The molecular weight excluding hydrogens is 518 g/mol. The van der Waals surface area contributed by atoms with Crippen LogP contribution in [0.25, 0.3) is 48.9 Å². The van der Waals surface area contributed by atoms with Crippen LogP contribution in [-0.2, 0) is 0 Å². The van der Waals surface area contributed by atoms with Gasteiger partial charge in [0, 0.05) is 35.0 Å². The summed E-state index contributed by atoms with van der Waals surface area (Å²) in [6, 6.07) is 22.0. The summed E-state index contributed by atoms with van der Waals surface area (Å²) in [6.45, 7) is 0. The van der Waals surface area contributed by atoms with Crippen LogP contribution < -0.4 is 0 Å². The Morgan fingerprint density at radius 1 is 0.577 bits per heavy atom. The third-order valence-corrected chi connectivity index (χ3v) is 6.93. The Bertz CT molecular complexity index is 1510. The van der Waals surface area contributed by atoms with E-state index in [1.807, 2.05) is 0 Å². The molecule has 0 aliphatic carbocycles. The molecule has 0 spiro atoms. The quantitative estimate of drug-likeness (QED) is 0.138. The molecular formula is C22H10Br3N. The molecule has 124 valence electrons. The standard InChI is InChI=1S/C22H10Br3N/c23-11-4-6-19-15(8-11)17-10-12(24)9-16-13-2-1-3-14-18(25)5-7-20(21(13)14)26(19)22(16)17/h1-10H. The van der Waals surface area contributed by atoms with Gasteiger partial charge >= 0.3 is 0 Å². The van der Waals surface area contributed by atoms with Crippen molar-refractivity contribution in [2.45, 2.75) is 0 Å². The van der Waals surface area contributed by atoms with E-state index in [0.29, 0.717) is 0 Å². The van der Waals surface area contributed by atoms with Gasteiger partial charge in [-0.05, 0) is 53.2 Å². The van der Waals surface area contributed by atoms with Crippen LogP contribution in [0.5, 0.6) is 0 Å². The highest BCUT2D eigenvalue weighted by atomic mass is 79.9. The van der Waals surface area contributed by atoms with Gasteiger partial charge in [-0.15, -0.1) is 0 Å². The van der Waals surface area contributed by atoms with Crippen LogP contribution in [0.4, 0.5) is 0 Å². The summed E-state index contributed by atoms with van der Waals surface area (Å²) in [5, 5.41) is 7.65. The highest BCUT2D eigenvalue weighted by Crippen LogP contribution is 2.43. The smallest absolute Gasteiger partial charge is 0.0620 e. The van der Waals surface area contributed by atoms with Gasteiger partial charge in [-0.1, -0.05) is 66.0 Å². The Kier molecular flexibility index (Phi) is 3.10. The minimum absolute atomic E-state index is 1.10. The first-order valence-corrected chi connectivity index (χ1v) is 10.7. The molecule has 0 saturated carbocycles. The number of benzene rings is 4. The van der Waals surface area contributed by atoms with E-state index in [0.717, 1.165) is 13.4 Å². The molecule has 1 nitrogen and oxygen atoms in total. The third kappa shape index (κ3) is 1.85. The van der Waals surface area contributed by atoms with Crippen molar-refractivity contribution in [2.75, 3.05) is 0 Å². The fourth-order valence-corrected chi connectivity index (χ4v) is 5.59. The lowest BCUT2D eigenvalue weighted by Crippen LogP contribution is -1.93. The normalized spacial score (nSPS) is 12.4. The monoisotopic (exact) mass is 525 g/mol. The summed E-state index contributed by atoms with van der Waals surface area (Å²) in [6.07, 6.45) is 0. The average molecular weight is 528 g/mol. The van der Waals surface area contributed by atoms with Crippen molar-refractivity contribution in [3.8, 4) is 0 Å². The summed E-state index contributed by atoms with van der Waals surface area (Å²) < 4.78 is 5.76. The van der Waals surface area contributed by atoms with Gasteiger partial charge < -0.3 is 4.40 Å². The fourth-order valence-electron chi connectivity index (χ4n) is 4.30. The molecule has 6 aromatic rings. The maximum atomic E-state index is 3.74. The van der Waals surface area contributed by atoms with Gasteiger partial charge in [0.05, 0.1) is 16.6 Å². The van der Waals surface area contributed by atoms with E-state index in [4.69, 9.17) is 0 Å². The molecule has 2 heterocycles. The summed E-state index contributed by atoms with van der Waals surface area (Å²) in [7, 11) is 0. The highest BCUT2D eigenvalue weighted by molar-refractivity contribution is 9.11. The molecule has 0 radical (unpaired) electrons. The van der Waals surface area contributed by atoms with Crippen LogP contribution in [0.3, 0.4) is 0 Å². The van der Waals surface area contributed by atoms with Gasteiger partial charge in [-0.3, -0.25) is 0 Å². The molecule has 0 aliphatic rings. The lowest BCUT2D eigenvalue weighted by Gasteiger charge is -2.14. The van der Waals surface area contributed by atoms with Gasteiger partial charge in [0.15, 0.2) is 0 Å². The third-order valence-electron chi connectivity index (χ3n) is 5.28. The van der Waals surface area contributed by atoms with Crippen molar-refractivity contribution >= 4 is 96.7 Å². The molecule has 4 aromatic carbocycles. The largest absolute Gasteiger partial charge is 0.308 e. The second-order valence-electron chi connectivity index (χ2n) is 6.64. The van der Waals surface area contributed by atoms with Crippen molar-refractivity contribution in [3.05, 3.63) is 74.1 Å². The van der Waals surface area contributed by atoms with Crippen LogP contribution >= 0.6 is 47.8 Å². The molecule has 0 amide bonds. The summed E-state index contributed by atoms with van der Waals surface area (Å²) in [5.41, 5.74) is 3.76. The lowest BCUT2D eigenvalue weighted by molar-refractivity contribution is 1.35. The van der Waals surface area contributed by atoms with Gasteiger partial charge in [0.2, 0.25) is 0 Å². The molecule has 0 unspecified atom stereocenters. The summed E-state index contributed by atoms with van der Waals surface area (Å²) >= 11 is 11.1. The Labute approximate surface area is 174 Å². The van der Waals surface area contributed by atoms with Gasteiger partial charge in [0.25, 0.3) is 0 Å². The van der Waals surface area contributed by atoms with Gasteiger partial charge in [0.1, 0.15) is 0 Å². The number of aromatic nitrogens is 1. The van der Waals surface area contributed by atoms with E-state index in [-0.39, 0.29) is 0 Å². The van der Waals surface area contributed by atoms with E-state index >= 15 is 0 Å². The van der Waals surface area contributed by atoms with Crippen molar-refractivity contribution in [1.82, 2.24) is 4.40 Å². The topological polar surface area (TPSA) is 4.41 Å². The Balaban J connectivity index is 2.11. The molecule has 0 N–H and O–H groups in total. The number of hydrogen-bond donors (Lipinski definition) is 0. The van der Waals surface area contributed by atoms with Gasteiger partial charge in [-0.2, -0.15) is 0 Å². The molecule has 6 rings (SSSR count). The minimum atomic E-state index is 1.10. The number of fused-ring (bicyclic) bond motifs is 5. The fraction of sp³-hybridized carbons (Fsp3) is 0.